The van der Waals surface area contributed by atoms with E-state index in [0.29, 0.717) is 12.2 Å². The van der Waals surface area contributed by atoms with Crippen LogP contribution in [0, 0.1) is 0 Å². The topological polar surface area (TPSA) is 51.0 Å². The van der Waals surface area contributed by atoms with Gasteiger partial charge >= 0.3 is 0 Å². The van der Waals surface area contributed by atoms with Gasteiger partial charge in [0.2, 0.25) is 0 Å². The molecule has 0 bridgehead atoms. The normalized spacial score (nSPS) is 16.7. The summed E-state index contributed by atoms with van der Waals surface area (Å²) in [6.07, 6.45) is 5.80. The first-order valence-electron chi connectivity index (χ1n) is 8.59. The van der Waals surface area contributed by atoms with E-state index in [-0.39, 0.29) is 11.9 Å². The Kier molecular flexibility index (Phi) is 4.36. The summed E-state index contributed by atoms with van der Waals surface area (Å²) in [5.74, 6) is -0.0123. The van der Waals surface area contributed by atoms with E-state index in [1.807, 2.05) is 34.5 Å². The first-order valence-corrected chi connectivity index (χ1v) is 9.47. The van der Waals surface area contributed by atoms with Crippen molar-refractivity contribution >= 4 is 17.2 Å². The number of hydrogen-bond acceptors (Lipinski definition) is 4. The van der Waals surface area contributed by atoms with Gasteiger partial charge in [-0.3, -0.25) is 9.78 Å². The Bertz CT molecular complexity index is 870. The molecule has 3 aromatic rings. The number of pyridine rings is 1. The third kappa shape index (κ3) is 2.98. The molecule has 3 aromatic heterocycles. The van der Waals surface area contributed by atoms with Crippen LogP contribution in [0.2, 0.25) is 0 Å². The first-order chi connectivity index (χ1) is 12.3. The molecule has 0 saturated carbocycles. The Labute approximate surface area is 151 Å². The summed E-state index contributed by atoms with van der Waals surface area (Å²) in [5.41, 5.74) is 2.54. The van der Waals surface area contributed by atoms with E-state index in [4.69, 9.17) is 0 Å². The van der Waals surface area contributed by atoms with Crippen molar-refractivity contribution < 1.29 is 4.79 Å². The quantitative estimate of drug-likeness (QED) is 0.722. The van der Waals surface area contributed by atoms with Crippen molar-refractivity contribution in [2.24, 2.45) is 0 Å². The van der Waals surface area contributed by atoms with Gasteiger partial charge in [0.15, 0.2) is 0 Å². The van der Waals surface area contributed by atoms with Gasteiger partial charge in [0.05, 0.1) is 10.7 Å². The van der Waals surface area contributed by atoms with Crippen LogP contribution in [0.5, 0.6) is 0 Å². The maximum absolute atomic E-state index is 13.2. The lowest BCUT2D eigenvalue weighted by molar-refractivity contribution is 0.0654. The molecule has 1 atom stereocenters. The van der Waals surface area contributed by atoms with Crippen molar-refractivity contribution in [3.05, 3.63) is 70.2 Å². The van der Waals surface area contributed by atoms with Crippen LogP contribution in [0.25, 0.3) is 0 Å². The second-order valence-corrected chi connectivity index (χ2v) is 7.10. The van der Waals surface area contributed by atoms with Crippen molar-refractivity contribution in [2.75, 3.05) is 6.54 Å². The number of fused-ring (bicyclic) bond motifs is 1. The summed E-state index contributed by atoms with van der Waals surface area (Å²) in [6, 6.07) is 9.78. The number of aromatic nitrogens is 3. The molecule has 0 unspecified atom stereocenters. The van der Waals surface area contributed by atoms with Gasteiger partial charge in [-0.25, -0.2) is 4.98 Å². The molecule has 0 aliphatic carbocycles. The number of carbonyl (C=O) groups excluding carboxylic acids is 1. The van der Waals surface area contributed by atoms with Crippen molar-refractivity contribution in [1.29, 1.82) is 0 Å². The highest BCUT2D eigenvalue weighted by molar-refractivity contribution is 7.09. The molecule has 0 radical (unpaired) electrons. The maximum Gasteiger partial charge on any atom is 0.274 e. The van der Waals surface area contributed by atoms with Gasteiger partial charge in [-0.05, 0) is 37.1 Å². The monoisotopic (exact) mass is 352 g/mol. The SMILES string of the molecule is CCCc1nc(C(=O)N2CCn3cccc3[C@@H]2c2ccccn2)cs1. The summed E-state index contributed by atoms with van der Waals surface area (Å²) < 4.78 is 2.20. The summed E-state index contributed by atoms with van der Waals surface area (Å²) in [5, 5.41) is 2.91. The van der Waals surface area contributed by atoms with E-state index >= 15 is 0 Å². The van der Waals surface area contributed by atoms with Crippen LogP contribution in [0.4, 0.5) is 0 Å². The molecule has 4 rings (SSSR count). The molecule has 5 nitrogen and oxygen atoms in total. The van der Waals surface area contributed by atoms with Crippen LogP contribution in [0.15, 0.2) is 48.1 Å². The third-order valence-corrected chi connectivity index (χ3v) is 5.41. The predicted molar refractivity (Wildman–Crippen MR) is 97.7 cm³/mol. The number of nitrogens with zero attached hydrogens (tertiary/aromatic N) is 4. The largest absolute Gasteiger partial charge is 0.347 e. The highest BCUT2D eigenvalue weighted by atomic mass is 32.1. The molecule has 0 N–H and O–H groups in total. The van der Waals surface area contributed by atoms with Gasteiger partial charge in [-0.2, -0.15) is 0 Å². The lowest BCUT2D eigenvalue weighted by atomic mass is 10.0. The molecular formula is C19H20N4OS. The van der Waals surface area contributed by atoms with Crippen LogP contribution >= 0.6 is 11.3 Å². The number of hydrogen-bond donors (Lipinski definition) is 0. The zero-order valence-corrected chi connectivity index (χ0v) is 14.9. The van der Waals surface area contributed by atoms with Gasteiger partial charge in [0, 0.05) is 36.6 Å². The van der Waals surface area contributed by atoms with Crippen LogP contribution in [-0.4, -0.2) is 31.9 Å². The summed E-state index contributed by atoms with van der Waals surface area (Å²) in [6.45, 7) is 3.57. The number of thiazole rings is 1. The van der Waals surface area contributed by atoms with E-state index in [1.54, 1.807) is 17.5 Å². The molecule has 25 heavy (non-hydrogen) atoms. The van der Waals surface area contributed by atoms with Crippen LogP contribution < -0.4 is 0 Å². The average Bonchev–Trinajstić information content (AvgIpc) is 3.30. The summed E-state index contributed by atoms with van der Waals surface area (Å²) >= 11 is 1.57. The van der Waals surface area contributed by atoms with E-state index in [9.17, 15) is 4.79 Å². The van der Waals surface area contributed by atoms with Crippen LogP contribution in [-0.2, 0) is 13.0 Å². The molecule has 128 valence electrons. The minimum absolute atomic E-state index is 0.0123. The van der Waals surface area contributed by atoms with Crippen molar-refractivity contribution in [3.63, 3.8) is 0 Å². The second-order valence-electron chi connectivity index (χ2n) is 6.16. The average molecular weight is 352 g/mol. The van der Waals surface area contributed by atoms with Crippen molar-refractivity contribution in [1.82, 2.24) is 19.4 Å². The zero-order chi connectivity index (χ0) is 17.2. The van der Waals surface area contributed by atoms with E-state index in [2.05, 4.69) is 33.7 Å². The Hall–Kier alpha value is -2.47. The number of carbonyl (C=O) groups is 1. The highest BCUT2D eigenvalue weighted by Gasteiger charge is 2.34. The van der Waals surface area contributed by atoms with Crippen LogP contribution in [0.1, 0.15) is 46.3 Å². The van der Waals surface area contributed by atoms with E-state index in [1.165, 1.54) is 0 Å². The van der Waals surface area contributed by atoms with Gasteiger partial charge in [0.25, 0.3) is 5.91 Å². The van der Waals surface area contributed by atoms with Crippen LogP contribution in [0.3, 0.4) is 0 Å². The first kappa shape index (κ1) is 16.0. The molecule has 1 aliphatic heterocycles. The second kappa shape index (κ2) is 6.80. The Morgan fingerprint density at radius 1 is 1.28 bits per heavy atom. The van der Waals surface area contributed by atoms with E-state index < -0.39 is 0 Å². The lowest BCUT2D eigenvalue weighted by Gasteiger charge is -2.36. The fourth-order valence-electron chi connectivity index (χ4n) is 3.34. The minimum atomic E-state index is -0.172. The third-order valence-electron chi connectivity index (χ3n) is 4.50. The molecule has 0 fully saturated rings. The minimum Gasteiger partial charge on any atom is -0.347 e. The standard InChI is InChI=1S/C19H20N4OS/c1-2-6-17-21-15(13-25-17)19(24)23-12-11-22-10-5-8-16(22)18(23)14-7-3-4-9-20-14/h3-5,7-10,13,18H,2,6,11-12H2,1H3/t18-/m0/s1. The smallest absolute Gasteiger partial charge is 0.274 e. The Balaban J connectivity index is 1.70. The molecule has 4 heterocycles. The maximum atomic E-state index is 13.2. The van der Waals surface area contributed by atoms with Gasteiger partial charge in [0.1, 0.15) is 11.7 Å². The molecular weight excluding hydrogens is 332 g/mol. The van der Waals surface area contributed by atoms with Crippen molar-refractivity contribution in [3.8, 4) is 0 Å². The zero-order valence-electron chi connectivity index (χ0n) is 14.1. The number of rotatable bonds is 4. The van der Waals surface area contributed by atoms with Crippen molar-refractivity contribution in [2.45, 2.75) is 32.4 Å². The predicted octanol–water partition coefficient (Wildman–Crippen LogP) is 3.54. The Morgan fingerprint density at radius 3 is 3.00 bits per heavy atom. The molecule has 1 amide bonds. The molecule has 0 aromatic carbocycles. The number of aryl methyl sites for hydroxylation is 1. The summed E-state index contributed by atoms with van der Waals surface area (Å²) in [7, 11) is 0. The van der Waals surface area contributed by atoms with Gasteiger partial charge in [-0.1, -0.05) is 13.0 Å². The molecule has 0 spiro atoms. The molecule has 0 saturated heterocycles. The lowest BCUT2D eigenvalue weighted by Crippen LogP contribution is -2.42. The van der Waals surface area contributed by atoms with Gasteiger partial charge < -0.3 is 9.47 Å². The van der Waals surface area contributed by atoms with E-state index in [0.717, 1.165) is 35.8 Å². The molecule has 6 heteroatoms. The number of amides is 1. The fourth-order valence-corrected chi connectivity index (χ4v) is 4.21. The summed E-state index contributed by atoms with van der Waals surface area (Å²) in [4.78, 5) is 24.1. The highest BCUT2D eigenvalue weighted by Crippen LogP contribution is 2.32. The fraction of sp³-hybridized carbons (Fsp3) is 0.316. The van der Waals surface area contributed by atoms with Gasteiger partial charge in [-0.15, -0.1) is 11.3 Å². The Morgan fingerprint density at radius 2 is 2.20 bits per heavy atom. The molecule has 1 aliphatic rings.